The maximum atomic E-state index is 13.1. The molecule has 1 N–H and O–H groups in total. The Labute approximate surface area is 181 Å². The number of hydrogen-bond donors (Lipinski definition) is 1. The lowest BCUT2D eigenvalue weighted by Crippen LogP contribution is -2.34. The van der Waals surface area contributed by atoms with Crippen molar-refractivity contribution in [3.63, 3.8) is 0 Å². The van der Waals surface area contributed by atoms with E-state index in [1.807, 2.05) is 6.07 Å². The zero-order chi connectivity index (χ0) is 22.3. The second kappa shape index (κ2) is 10.0. The van der Waals surface area contributed by atoms with Crippen molar-refractivity contribution in [2.75, 3.05) is 18.2 Å². The number of amides is 2. The number of ether oxygens (including phenoxy) is 1. The number of nitrogens with one attached hydrogen (secondary N) is 1. The van der Waals surface area contributed by atoms with Crippen LogP contribution in [0.25, 0.3) is 0 Å². The van der Waals surface area contributed by atoms with Crippen molar-refractivity contribution in [1.82, 2.24) is 4.90 Å². The molecule has 0 aliphatic heterocycles. The molecule has 0 aliphatic rings. The Morgan fingerprint density at radius 3 is 2.58 bits per heavy atom. The van der Waals surface area contributed by atoms with Gasteiger partial charge in [0.1, 0.15) is 17.3 Å². The first kappa shape index (κ1) is 22.2. The number of nitrogens with zero attached hydrogens (tertiary/aromatic N) is 1. The van der Waals surface area contributed by atoms with Crippen molar-refractivity contribution in [3.05, 3.63) is 78.3 Å². The Morgan fingerprint density at radius 1 is 1.06 bits per heavy atom. The summed E-state index contributed by atoms with van der Waals surface area (Å²) in [6, 6.07) is 16.9. The Hall–Kier alpha value is -3.46. The monoisotopic (exact) mass is 444 g/mol. The van der Waals surface area contributed by atoms with Gasteiger partial charge in [-0.2, -0.15) is 8.42 Å². The molecule has 1 heterocycles. The summed E-state index contributed by atoms with van der Waals surface area (Å²) in [6.07, 6.45) is 1.54. The molecule has 0 spiro atoms. The van der Waals surface area contributed by atoms with Crippen molar-refractivity contribution < 1.29 is 26.5 Å². The molecule has 1 aromatic heterocycles. The molecule has 31 heavy (non-hydrogen) atoms. The number of hydrogen-bond acceptors (Lipinski definition) is 6. The molecule has 9 heteroatoms. The highest BCUT2D eigenvalue weighted by atomic mass is 32.2. The summed E-state index contributed by atoms with van der Waals surface area (Å²) in [7, 11) is -2.12. The van der Waals surface area contributed by atoms with Crippen LogP contribution in [0.4, 0.5) is 10.5 Å². The van der Waals surface area contributed by atoms with Gasteiger partial charge in [0, 0.05) is 6.54 Å². The van der Waals surface area contributed by atoms with Crippen LogP contribution in [0.2, 0.25) is 0 Å². The normalized spacial score (nSPS) is 11.0. The fourth-order valence-electron chi connectivity index (χ4n) is 2.85. The summed E-state index contributed by atoms with van der Waals surface area (Å²) in [6.45, 7) is 1.92. The van der Waals surface area contributed by atoms with E-state index >= 15 is 0 Å². The molecule has 0 radical (unpaired) electrons. The number of urea groups is 1. The minimum atomic E-state index is -3.65. The predicted octanol–water partition coefficient (Wildman–Crippen LogP) is 4.25. The molecular weight excluding hydrogens is 420 g/mol. The molecule has 3 aromatic rings. The third kappa shape index (κ3) is 6.26. The van der Waals surface area contributed by atoms with Crippen LogP contribution in [-0.4, -0.2) is 32.2 Å². The van der Waals surface area contributed by atoms with Crippen molar-refractivity contribution >= 4 is 21.8 Å². The first-order chi connectivity index (χ1) is 14.9. The number of para-hydroxylation sites is 2. The number of methoxy groups -OCH3 is 1. The SMILES string of the molecule is CCS(=O)(=O)Oc1cccc(CN(Cc2ccco2)C(=O)Nc2ccccc2OC)c1. The van der Waals surface area contributed by atoms with E-state index in [1.165, 1.54) is 20.3 Å². The largest absolute Gasteiger partial charge is 0.495 e. The van der Waals surface area contributed by atoms with E-state index in [9.17, 15) is 13.2 Å². The predicted molar refractivity (Wildman–Crippen MR) is 116 cm³/mol. The Bertz CT molecular complexity index is 1110. The summed E-state index contributed by atoms with van der Waals surface area (Å²) in [5.41, 5.74) is 1.23. The van der Waals surface area contributed by atoms with Gasteiger partial charge < -0.3 is 23.6 Å². The van der Waals surface area contributed by atoms with Gasteiger partial charge in [0.05, 0.1) is 31.4 Å². The van der Waals surface area contributed by atoms with Gasteiger partial charge in [0.25, 0.3) is 0 Å². The number of anilines is 1. The molecule has 0 fully saturated rings. The lowest BCUT2D eigenvalue weighted by atomic mass is 10.2. The first-order valence-electron chi connectivity index (χ1n) is 9.62. The molecular formula is C22H24N2O6S. The van der Waals surface area contributed by atoms with Crippen molar-refractivity contribution in [1.29, 1.82) is 0 Å². The number of rotatable bonds is 9. The van der Waals surface area contributed by atoms with Gasteiger partial charge >= 0.3 is 16.1 Å². The van der Waals surface area contributed by atoms with E-state index < -0.39 is 10.1 Å². The minimum absolute atomic E-state index is 0.136. The van der Waals surface area contributed by atoms with Crippen LogP contribution < -0.4 is 14.2 Å². The van der Waals surface area contributed by atoms with E-state index in [0.717, 1.165) is 0 Å². The van der Waals surface area contributed by atoms with Gasteiger partial charge in [-0.05, 0) is 48.9 Å². The third-order valence-electron chi connectivity index (χ3n) is 4.41. The van der Waals surface area contributed by atoms with Crippen LogP contribution in [0.1, 0.15) is 18.2 Å². The number of carbonyl (C=O) groups excluding carboxylic acids is 1. The maximum Gasteiger partial charge on any atom is 0.322 e. The number of furan rings is 1. The Kier molecular flexibility index (Phi) is 7.19. The van der Waals surface area contributed by atoms with Gasteiger partial charge in [0.15, 0.2) is 0 Å². The van der Waals surface area contributed by atoms with E-state index in [1.54, 1.807) is 59.5 Å². The molecule has 0 saturated carbocycles. The van der Waals surface area contributed by atoms with Crippen molar-refractivity contribution in [2.24, 2.45) is 0 Å². The van der Waals surface area contributed by atoms with Crippen LogP contribution in [-0.2, 0) is 23.2 Å². The molecule has 0 unspecified atom stereocenters. The standard InChI is InChI=1S/C22H24N2O6S/c1-3-31(26,27)30-18-9-6-8-17(14-18)15-24(16-19-10-7-13-29-19)22(25)23-20-11-4-5-12-21(20)28-2/h4-14H,3,15-16H2,1-2H3,(H,23,25). The second-order valence-corrected chi connectivity index (χ2v) is 8.50. The highest BCUT2D eigenvalue weighted by Crippen LogP contribution is 2.24. The van der Waals surface area contributed by atoms with Crippen LogP contribution in [0.15, 0.2) is 71.3 Å². The molecule has 164 valence electrons. The van der Waals surface area contributed by atoms with E-state index in [4.69, 9.17) is 13.3 Å². The highest BCUT2D eigenvalue weighted by molar-refractivity contribution is 7.87. The summed E-state index contributed by atoms with van der Waals surface area (Å²) in [4.78, 5) is 14.6. The zero-order valence-corrected chi connectivity index (χ0v) is 18.1. The van der Waals surface area contributed by atoms with Gasteiger partial charge in [-0.25, -0.2) is 4.79 Å². The Morgan fingerprint density at radius 2 is 1.87 bits per heavy atom. The van der Waals surface area contributed by atoms with Crippen LogP contribution in [0.5, 0.6) is 11.5 Å². The lowest BCUT2D eigenvalue weighted by Gasteiger charge is -2.23. The van der Waals surface area contributed by atoms with Gasteiger partial charge in [-0.3, -0.25) is 0 Å². The summed E-state index contributed by atoms with van der Waals surface area (Å²) < 4.78 is 39.3. The third-order valence-corrected chi connectivity index (χ3v) is 5.56. The van der Waals surface area contributed by atoms with Crippen LogP contribution in [0.3, 0.4) is 0 Å². The van der Waals surface area contributed by atoms with Gasteiger partial charge in [-0.15, -0.1) is 0 Å². The number of carbonyl (C=O) groups is 1. The average molecular weight is 445 g/mol. The highest BCUT2D eigenvalue weighted by Gasteiger charge is 2.18. The van der Waals surface area contributed by atoms with Gasteiger partial charge in [0.2, 0.25) is 0 Å². The van der Waals surface area contributed by atoms with Crippen molar-refractivity contribution in [2.45, 2.75) is 20.0 Å². The Balaban J connectivity index is 1.82. The molecule has 0 saturated heterocycles. The lowest BCUT2D eigenvalue weighted by molar-refractivity contribution is 0.201. The van der Waals surface area contributed by atoms with Crippen LogP contribution in [0, 0.1) is 0 Å². The maximum absolute atomic E-state index is 13.1. The van der Waals surface area contributed by atoms with E-state index in [0.29, 0.717) is 22.8 Å². The molecule has 3 rings (SSSR count). The quantitative estimate of drug-likeness (QED) is 0.496. The summed E-state index contributed by atoms with van der Waals surface area (Å²) >= 11 is 0. The van der Waals surface area contributed by atoms with Gasteiger partial charge in [-0.1, -0.05) is 24.3 Å². The average Bonchev–Trinajstić information content (AvgIpc) is 3.27. The molecule has 8 nitrogen and oxygen atoms in total. The topological polar surface area (TPSA) is 98.1 Å². The fourth-order valence-corrected chi connectivity index (χ4v) is 3.37. The zero-order valence-electron chi connectivity index (χ0n) is 17.3. The van der Waals surface area contributed by atoms with Crippen LogP contribution >= 0.6 is 0 Å². The summed E-state index contributed by atoms with van der Waals surface area (Å²) in [5.74, 6) is 1.20. The smallest absolute Gasteiger partial charge is 0.322 e. The van der Waals surface area contributed by atoms with E-state index in [2.05, 4.69) is 5.32 Å². The number of benzene rings is 2. The minimum Gasteiger partial charge on any atom is -0.495 e. The molecule has 2 amide bonds. The molecule has 0 atom stereocenters. The summed E-state index contributed by atoms with van der Waals surface area (Å²) in [5, 5.41) is 2.85. The van der Waals surface area contributed by atoms with E-state index in [-0.39, 0.29) is 30.6 Å². The first-order valence-corrected chi connectivity index (χ1v) is 11.2. The second-order valence-electron chi connectivity index (χ2n) is 6.64. The molecule has 2 aromatic carbocycles. The molecule has 0 aliphatic carbocycles. The van der Waals surface area contributed by atoms with Crippen molar-refractivity contribution in [3.8, 4) is 11.5 Å². The molecule has 0 bridgehead atoms. The fraction of sp³-hybridized carbons (Fsp3) is 0.227.